The molecule has 6 heteroatoms. The zero-order valence-corrected chi connectivity index (χ0v) is 10.6. The first kappa shape index (κ1) is 12.4. The van der Waals surface area contributed by atoms with Crippen molar-refractivity contribution in [1.29, 1.82) is 0 Å². The maximum absolute atomic E-state index is 12.1. The van der Waals surface area contributed by atoms with Crippen LogP contribution in [0, 0.1) is 0 Å². The molecular weight excluding hydrogens is 244 g/mol. The number of halogens is 1. The molecule has 1 aromatic rings. The molecule has 17 heavy (non-hydrogen) atoms. The number of aromatic nitrogens is 1. The summed E-state index contributed by atoms with van der Waals surface area (Å²) in [5, 5.41) is 3.65. The standard InChI is InChI=1S/C11H15ClN2O3/c1-11(2)7-14(6-8(5-12)17-11)10(15)9-3-4-16-13-9/h3-4,8H,5-7H2,1-2H3. The molecule has 1 aliphatic rings. The van der Waals surface area contributed by atoms with E-state index in [1.807, 2.05) is 13.8 Å². The van der Waals surface area contributed by atoms with E-state index >= 15 is 0 Å². The van der Waals surface area contributed by atoms with Gasteiger partial charge in [0.1, 0.15) is 6.26 Å². The van der Waals surface area contributed by atoms with Crippen molar-refractivity contribution in [2.75, 3.05) is 19.0 Å². The second kappa shape index (κ2) is 4.66. The monoisotopic (exact) mass is 258 g/mol. The van der Waals surface area contributed by atoms with Gasteiger partial charge in [0.25, 0.3) is 5.91 Å². The van der Waals surface area contributed by atoms with E-state index in [9.17, 15) is 4.79 Å². The topological polar surface area (TPSA) is 55.6 Å². The van der Waals surface area contributed by atoms with E-state index < -0.39 is 5.60 Å². The second-order valence-corrected chi connectivity index (χ2v) is 5.03. The molecule has 1 atom stereocenters. The summed E-state index contributed by atoms with van der Waals surface area (Å²) in [6.45, 7) is 4.88. The third-order valence-electron chi connectivity index (χ3n) is 2.60. The summed E-state index contributed by atoms with van der Waals surface area (Å²) in [4.78, 5) is 13.8. The highest BCUT2D eigenvalue weighted by molar-refractivity contribution is 6.18. The van der Waals surface area contributed by atoms with Gasteiger partial charge in [0.2, 0.25) is 0 Å². The summed E-state index contributed by atoms with van der Waals surface area (Å²) in [5.74, 6) is 0.219. The summed E-state index contributed by atoms with van der Waals surface area (Å²) < 4.78 is 10.4. The first-order valence-electron chi connectivity index (χ1n) is 5.45. The van der Waals surface area contributed by atoms with Crippen molar-refractivity contribution in [3.63, 3.8) is 0 Å². The first-order chi connectivity index (χ1) is 8.02. The van der Waals surface area contributed by atoms with Crippen LogP contribution in [0.5, 0.6) is 0 Å². The maximum Gasteiger partial charge on any atom is 0.276 e. The number of rotatable bonds is 2. The van der Waals surface area contributed by atoms with Crippen LogP contribution in [0.4, 0.5) is 0 Å². The fourth-order valence-electron chi connectivity index (χ4n) is 2.02. The number of carbonyl (C=O) groups is 1. The first-order valence-corrected chi connectivity index (χ1v) is 5.99. The van der Waals surface area contributed by atoms with Crippen LogP contribution < -0.4 is 0 Å². The van der Waals surface area contributed by atoms with Crippen LogP contribution in [-0.4, -0.2) is 46.6 Å². The summed E-state index contributed by atoms with van der Waals surface area (Å²) in [5.41, 5.74) is -0.0759. The van der Waals surface area contributed by atoms with Gasteiger partial charge in [-0.15, -0.1) is 11.6 Å². The Bertz CT molecular complexity index is 391. The smallest absolute Gasteiger partial charge is 0.276 e. The molecule has 1 unspecified atom stereocenters. The molecule has 1 amide bonds. The molecule has 0 aliphatic carbocycles. The highest BCUT2D eigenvalue weighted by Crippen LogP contribution is 2.22. The van der Waals surface area contributed by atoms with E-state index in [1.54, 1.807) is 11.0 Å². The van der Waals surface area contributed by atoms with E-state index in [2.05, 4.69) is 9.68 Å². The Labute approximate surface area is 105 Å². The van der Waals surface area contributed by atoms with Gasteiger partial charge in [-0.1, -0.05) is 5.16 Å². The molecule has 5 nitrogen and oxygen atoms in total. The van der Waals surface area contributed by atoms with Gasteiger partial charge in [0, 0.05) is 19.2 Å². The number of hydrogen-bond acceptors (Lipinski definition) is 4. The molecule has 0 N–H and O–H groups in total. The third-order valence-corrected chi connectivity index (χ3v) is 2.94. The molecule has 94 valence electrons. The highest BCUT2D eigenvalue weighted by Gasteiger charge is 2.36. The molecule has 0 aromatic carbocycles. The lowest BCUT2D eigenvalue weighted by atomic mass is 10.1. The summed E-state index contributed by atoms with van der Waals surface area (Å²) >= 11 is 5.81. The van der Waals surface area contributed by atoms with E-state index in [4.69, 9.17) is 16.3 Å². The molecule has 2 rings (SSSR count). The molecule has 1 saturated heterocycles. The Morgan fingerprint density at radius 2 is 2.47 bits per heavy atom. The van der Waals surface area contributed by atoms with Gasteiger partial charge in [-0.2, -0.15) is 0 Å². The number of alkyl halides is 1. The van der Waals surface area contributed by atoms with Crippen molar-refractivity contribution in [3.8, 4) is 0 Å². The fraction of sp³-hybridized carbons (Fsp3) is 0.636. The number of morpholine rings is 1. The highest BCUT2D eigenvalue weighted by atomic mass is 35.5. The average Bonchev–Trinajstić information content (AvgIpc) is 2.79. The molecule has 0 spiro atoms. The quantitative estimate of drug-likeness (QED) is 0.755. The van der Waals surface area contributed by atoms with Crippen molar-refractivity contribution in [2.24, 2.45) is 0 Å². The number of ether oxygens (including phenoxy) is 1. The van der Waals surface area contributed by atoms with Crippen LogP contribution in [0.1, 0.15) is 24.3 Å². The summed E-state index contributed by atoms with van der Waals surface area (Å²) in [6.07, 6.45) is 1.24. The maximum atomic E-state index is 12.1. The van der Waals surface area contributed by atoms with Crippen molar-refractivity contribution in [1.82, 2.24) is 10.1 Å². The van der Waals surface area contributed by atoms with Gasteiger partial charge < -0.3 is 14.2 Å². The van der Waals surface area contributed by atoms with Crippen LogP contribution >= 0.6 is 11.6 Å². The number of amides is 1. The molecule has 0 bridgehead atoms. The van der Waals surface area contributed by atoms with Crippen LogP contribution in [0.15, 0.2) is 16.9 Å². The van der Waals surface area contributed by atoms with Gasteiger partial charge in [-0.25, -0.2) is 0 Å². The third kappa shape index (κ3) is 2.79. The van der Waals surface area contributed by atoms with Crippen LogP contribution in [0.2, 0.25) is 0 Å². The lowest BCUT2D eigenvalue weighted by molar-refractivity contribution is -0.117. The molecule has 1 fully saturated rings. The van der Waals surface area contributed by atoms with Gasteiger partial charge in [-0.3, -0.25) is 4.79 Å². The van der Waals surface area contributed by atoms with E-state index in [1.165, 1.54) is 6.26 Å². The number of carbonyl (C=O) groups excluding carboxylic acids is 1. The Balaban J connectivity index is 2.12. The van der Waals surface area contributed by atoms with Crippen molar-refractivity contribution < 1.29 is 14.1 Å². The number of nitrogens with zero attached hydrogens (tertiary/aromatic N) is 2. The van der Waals surface area contributed by atoms with Crippen molar-refractivity contribution in [3.05, 3.63) is 18.0 Å². The van der Waals surface area contributed by atoms with Crippen LogP contribution in [0.25, 0.3) is 0 Å². The molecular formula is C11H15ClN2O3. The Hall–Kier alpha value is -1.07. The SMILES string of the molecule is CC1(C)CN(C(=O)c2ccon2)CC(CCl)O1. The zero-order valence-electron chi connectivity index (χ0n) is 9.85. The minimum Gasteiger partial charge on any atom is -0.367 e. The molecule has 1 aliphatic heterocycles. The Kier molecular flexibility index (Phi) is 3.40. The summed E-state index contributed by atoms with van der Waals surface area (Å²) in [6, 6.07) is 1.56. The van der Waals surface area contributed by atoms with E-state index in [0.29, 0.717) is 24.7 Å². The molecule has 0 radical (unpaired) electrons. The van der Waals surface area contributed by atoms with Gasteiger partial charge >= 0.3 is 0 Å². The molecule has 1 aromatic heterocycles. The van der Waals surface area contributed by atoms with Gasteiger partial charge in [0.15, 0.2) is 5.69 Å². The predicted molar refractivity (Wildman–Crippen MR) is 62.1 cm³/mol. The lowest BCUT2D eigenvalue weighted by Crippen LogP contribution is -2.55. The van der Waals surface area contributed by atoms with E-state index in [0.717, 1.165) is 0 Å². The zero-order chi connectivity index (χ0) is 12.5. The average molecular weight is 259 g/mol. The van der Waals surface area contributed by atoms with Gasteiger partial charge in [-0.05, 0) is 13.8 Å². The lowest BCUT2D eigenvalue weighted by Gasteiger charge is -2.42. The van der Waals surface area contributed by atoms with Crippen molar-refractivity contribution in [2.45, 2.75) is 25.6 Å². The minimum absolute atomic E-state index is 0.142. The van der Waals surface area contributed by atoms with Crippen LogP contribution in [0.3, 0.4) is 0 Å². The Morgan fingerprint density at radius 1 is 1.71 bits per heavy atom. The fourth-order valence-corrected chi connectivity index (χ4v) is 2.18. The normalized spacial score (nSPS) is 23.7. The minimum atomic E-state index is -0.392. The molecule has 0 saturated carbocycles. The summed E-state index contributed by atoms with van der Waals surface area (Å²) in [7, 11) is 0. The molecule has 2 heterocycles. The largest absolute Gasteiger partial charge is 0.367 e. The second-order valence-electron chi connectivity index (χ2n) is 4.72. The van der Waals surface area contributed by atoms with Crippen LogP contribution in [-0.2, 0) is 4.74 Å². The Morgan fingerprint density at radius 3 is 3.06 bits per heavy atom. The number of hydrogen-bond donors (Lipinski definition) is 0. The van der Waals surface area contributed by atoms with E-state index in [-0.39, 0.29) is 12.0 Å². The predicted octanol–water partition coefficient (Wildman–Crippen LogP) is 1.53. The van der Waals surface area contributed by atoms with Gasteiger partial charge in [0.05, 0.1) is 17.6 Å². The van der Waals surface area contributed by atoms with Crippen molar-refractivity contribution >= 4 is 17.5 Å².